The first kappa shape index (κ1) is 13.5. The maximum absolute atomic E-state index is 12.8. The number of alkyl halides is 2. The molecule has 5 nitrogen and oxygen atoms in total. The summed E-state index contributed by atoms with van der Waals surface area (Å²) in [7, 11) is 0. The van der Waals surface area contributed by atoms with Gasteiger partial charge in [0, 0.05) is 30.9 Å². The number of nitrogens with one attached hydrogen (secondary N) is 2. The molecule has 1 fully saturated rings. The fourth-order valence-corrected chi connectivity index (χ4v) is 2.88. The highest BCUT2D eigenvalue weighted by molar-refractivity contribution is 5.94. The highest BCUT2D eigenvalue weighted by Gasteiger charge is 2.46. The smallest absolute Gasteiger partial charge is 0.272 e. The van der Waals surface area contributed by atoms with Gasteiger partial charge >= 0.3 is 0 Å². The molecule has 0 radical (unpaired) electrons. The van der Waals surface area contributed by atoms with Crippen LogP contribution in [0.15, 0.2) is 0 Å². The van der Waals surface area contributed by atoms with E-state index < -0.39 is 12.0 Å². The van der Waals surface area contributed by atoms with Crippen LogP contribution in [-0.2, 0) is 11.2 Å². The number of halogens is 2. The first-order valence-corrected chi connectivity index (χ1v) is 6.77. The first-order chi connectivity index (χ1) is 9.35. The van der Waals surface area contributed by atoms with Crippen molar-refractivity contribution >= 4 is 5.91 Å². The molecule has 110 valence electrons. The van der Waals surface area contributed by atoms with Crippen molar-refractivity contribution in [2.45, 2.75) is 57.3 Å². The van der Waals surface area contributed by atoms with Gasteiger partial charge in [0.15, 0.2) is 5.69 Å². The van der Waals surface area contributed by atoms with Crippen LogP contribution in [0.5, 0.6) is 0 Å². The number of aromatic amines is 1. The Morgan fingerprint density at radius 1 is 1.45 bits per heavy atom. The minimum atomic E-state index is -2.64. The molecule has 1 aromatic rings. The molecule has 1 aliphatic heterocycles. The molecule has 1 aliphatic carbocycles. The average Bonchev–Trinajstić information content (AvgIpc) is 2.70. The van der Waals surface area contributed by atoms with Crippen molar-refractivity contribution in [3.63, 3.8) is 0 Å². The van der Waals surface area contributed by atoms with E-state index in [1.807, 2.05) is 13.8 Å². The van der Waals surface area contributed by atoms with E-state index in [1.165, 1.54) is 0 Å². The van der Waals surface area contributed by atoms with Gasteiger partial charge in [-0.25, -0.2) is 8.78 Å². The summed E-state index contributed by atoms with van der Waals surface area (Å²) >= 11 is 0. The van der Waals surface area contributed by atoms with Gasteiger partial charge in [0.2, 0.25) is 0 Å². The lowest BCUT2D eigenvalue weighted by Gasteiger charge is -2.35. The SMILES string of the molecule is C[C@@H]1Cc2c(C(=O)NC3CC(F)(F)C3)n[nH]c2[C@H](C)O1. The van der Waals surface area contributed by atoms with Gasteiger partial charge in [0.05, 0.1) is 17.9 Å². The Morgan fingerprint density at radius 3 is 2.80 bits per heavy atom. The van der Waals surface area contributed by atoms with E-state index in [1.54, 1.807) is 0 Å². The van der Waals surface area contributed by atoms with Crippen molar-refractivity contribution in [2.24, 2.45) is 0 Å². The summed E-state index contributed by atoms with van der Waals surface area (Å²) < 4.78 is 31.2. The largest absolute Gasteiger partial charge is 0.369 e. The van der Waals surface area contributed by atoms with Crippen LogP contribution in [0.1, 0.15) is 54.5 Å². The summed E-state index contributed by atoms with van der Waals surface area (Å²) in [6, 6.07) is -0.459. The second-order valence-corrected chi connectivity index (χ2v) is 5.69. The number of fused-ring (bicyclic) bond motifs is 1. The van der Waals surface area contributed by atoms with Crippen molar-refractivity contribution in [3.8, 4) is 0 Å². The topological polar surface area (TPSA) is 67.0 Å². The molecule has 1 aromatic heterocycles. The van der Waals surface area contributed by atoms with Gasteiger partial charge in [-0.3, -0.25) is 9.89 Å². The highest BCUT2D eigenvalue weighted by atomic mass is 19.3. The van der Waals surface area contributed by atoms with Crippen molar-refractivity contribution in [2.75, 3.05) is 0 Å². The molecular formula is C13H17F2N3O2. The number of rotatable bonds is 2. The predicted molar refractivity (Wildman–Crippen MR) is 66.7 cm³/mol. The molecule has 0 spiro atoms. The summed E-state index contributed by atoms with van der Waals surface area (Å²) in [5.41, 5.74) is 1.93. The third-order valence-corrected chi connectivity index (χ3v) is 3.87. The van der Waals surface area contributed by atoms with Crippen molar-refractivity contribution in [1.29, 1.82) is 0 Å². The van der Waals surface area contributed by atoms with Crippen molar-refractivity contribution in [1.82, 2.24) is 15.5 Å². The van der Waals surface area contributed by atoms with Crippen LogP contribution in [0.2, 0.25) is 0 Å². The van der Waals surface area contributed by atoms with E-state index in [-0.39, 0.29) is 31.0 Å². The highest BCUT2D eigenvalue weighted by Crippen LogP contribution is 2.37. The van der Waals surface area contributed by atoms with Gasteiger partial charge in [-0.15, -0.1) is 0 Å². The number of nitrogens with zero attached hydrogens (tertiary/aromatic N) is 1. The molecule has 3 rings (SSSR count). The van der Waals surface area contributed by atoms with Gasteiger partial charge in [0.1, 0.15) is 0 Å². The lowest BCUT2D eigenvalue weighted by molar-refractivity contribution is -0.0901. The summed E-state index contributed by atoms with van der Waals surface area (Å²) in [6.07, 6.45) is -0.118. The fourth-order valence-electron chi connectivity index (χ4n) is 2.88. The number of hydrogen-bond donors (Lipinski definition) is 2. The van der Waals surface area contributed by atoms with Crippen LogP contribution in [0.3, 0.4) is 0 Å². The second kappa shape index (κ2) is 4.51. The molecule has 2 atom stereocenters. The Kier molecular flexibility index (Phi) is 3.04. The predicted octanol–water partition coefficient (Wildman–Crippen LogP) is 1.96. The third-order valence-electron chi connectivity index (χ3n) is 3.87. The number of aromatic nitrogens is 2. The molecule has 2 N–H and O–H groups in total. The summed E-state index contributed by atoms with van der Waals surface area (Å²) in [6.45, 7) is 3.82. The Hall–Kier alpha value is -1.50. The molecule has 1 amide bonds. The normalized spacial score (nSPS) is 28.6. The zero-order chi connectivity index (χ0) is 14.5. The quantitative estimate of drug-likeness (QED) is 0.873. The van der Waals surface area contributed by atoms with Crippen LogP contribution in [0.4, 0.5) is 8.78 Å². The standard InChI is InChI=1S/C13H17F2N3O2/c1-6-3-9-10(7(2)20-6)17-18-11(9)12(19)16-8-4-13(14,15)5-8/h6-8H,3-5H2,1-2H3,(H,16,19)(H,17,18)/t6-,7+/m1/s1. The minimum absolute atomic E-state index is 0.00897. The van der Waals surface area contributed by atoms with E-state index >= 15 is 0 Å². The summed E-state index contributed by atoms with van der Waals surface area (Å²) in [5, 5.41) is 9.46. The number of carbonyl (C=O) groups is 1. The van der Waals surface area contributed by atoms with E-state index in [0.29, 0.717) is 12.1 Å². The minimum Gasteiger partial charge on any atom is -0.369 e. The van der Waals surface area contributed by atoms with Crippen molar-refractivity contribution in [3.05, 3.63) is 17.0 Å². The molecule has 7 heteroatoms. The lowest BCUT2D eigenvalue weighted by Crippen LogP contribution is -2.50. The van der Waals surface area contributed by atoms with E-state index in [2.05, 4.69) is 15.5 Å². The molecule has 0 aromatic carbocycles. The Bertz CT molecular complexity index is 536. The van der Waals surface area contributed by atoms with Gasteiger partial charge in [-0.1, -0.05) is 0 Å². The number of hydrogen-bond acceptors (Lipinski definition) is 3. The van der Waals surface area contributed by atoms with Crippen LogP contribution < -0.4 is 5.32 Å². The van der Waals surface area contributed by atoms with E-state index in [9.17, 15) is 13.6 Å². The number of ether oxygens (including phenoxy) is 1. The van der Waals surface area contributed by atoms with Gasteiger partial charge < -0.3 is 10.1 Å². The molecule has 20 heavy (non-hydrogen) atoms. The lowest BCUT2D eigenvalue weighted by atomic mass is 9.88. The van der Waals surface area contributed by atoms with Gasteiger partial charge in [-0.05, 0) is 13.8 Å². The number of amides is 1. The third kappa shape index (κ3) is 2.30. The zero-order valence-electron chi connectivity index (χ0n) is 11.4. The molecule has 0 saturated heterocycles. The molecule has 2 heterocycles. The monoisotopic (exact) mass is 285 g/mol. The maximum atomic E-state index is 12.8. The Labute approximate surface area is 115 Å². The summed E-state index contributed by atoms with van der Waals surface area (Å²) in [5.74, 6) is -3.02. The molecule has 1 saturated carbocycles. The fraction of sp³-hybridized carbons (Fsp3) is 0.692. The molecule has 2 aliphatic rings. The average molecular weight is 285 g/mol. The van der Waals surface area contributed by atoms with E-state index in [4.69, 9.17) is 4.74 Å². The van der Waals surface area contributed by atoms with Crippen molar-refractivity contribution < 1.29 is 18.3 Å². The Balaban J connectivity index is 1.73. The van der Waals surface area contributed by atoms with Crippen LogP contribution in [0.25, 0.3) is 0 Å². The molecule has 0 bridgehead atoms. The number of H-pyrrole nitrogens is 1. The van der Waals surface area contributed by atoms with Crippen LogP contribution in [-0.4, -0.2) is 34.2 Å². The first-order valence-electron chi connectivity index (χ1n) is 6.77. The van der Waals surface area contributed by atoms with Crippen LogP contribution >= 0.6 is 0 Å². The number of carbonyl (C=O) groups excluding carboxylic acids is 1. The Morgan fingerprint density at radius 2 is 2.15 bits per heavy atom. The van der Waals surface area contributed by atoms with Gasteiger partial charge in [-0.2, -0.15) is 5.10 Å². The zero-order valence-corrected chi connectivity index (χ0v) is 11.4. The molecule has 0 unspecified atom stereocenters. The van der Waals surface area contributed by atoms with Gasteiger partial charge in [0.25, 0.3) is 11.8 Å². The van der Waals surface area contributed by atoms with E-state index in [0.717, 1.165) is 11.3 Å². The summed E-state index contributed by atoms with van der Waals surface area (Å²) in [4.78, 5) is 12.1. The maximum Gasteiger partial charge on any atom is 0.272 e. The molecular weight excluding hydrogens is 268 g/mol. The second-order valence-electron chi connectivity index (χ2n) is 5.69. The van der Waals surface area contributed by atoms with Crippen LogP contribution in [0, 0.1) is 0 Å².